The van der Waals surface area contributed by atoms with Gasteiger partial charge in [0.25, 0.3) is 0 Å². The molecule has 3 rings (SSSR count). The van der Waals surface area contributed by atoms with Crippen LogP contribution >= 0.6 is 0 Å². The van der Waals surface area contributed by atoms with E-state index in [1.165, 1.54) is 64.7 Å². The second kappa shape index (κ2) is 5.94. The molecule has 0 radical (unpaired) electrons. The Morgan fingerprint density at radius 1 is 1.05 bits per heavy atom. The molecule has 2 heterocycles. The van der Waals surface area contributed by atoms with Crippen molar-refractivity contribution in [2.24, 2.45) is 17.6 Å². The van der Waals surface area contributed by atoms with Gasteiger partial charge in [-0.1, -0.05) is 26.7 Å². The third kappa shape index (κ3) is 2.42. The molecule has 0 spiro atoms. The Balaban J connectivity index is 1.70. The summed E-state index contributed by atoms with van der Waals surface area (Å²) in [6.45, 7) is 11.0. The van der Waals surface area contributed by atoms with E-state index in [1.54, 1.807) is 0 Å². The van der Waals surface area contributed by atoms with E-state index in [-0.39, 0.29) is 0 Å². The summed E-state index contributed by atoms with van der Waals surface area (Å²) in [7, 11) is 0. The zero-order valence-electron chi connectivity index (χ0n) is 13.5. The predicted octanol–water partition coefficient (Wildman–Crippen LogP) is 2.31. The van der Waals surface area contributed by atoms with Crippen LogP contribution in [0.1, 0.15) is 52.4 Å². The van der Waals surface area contributed by atoms with Gasteiger partial charge >= 0.3 is 0 Å². The van der Waals surface area contributed by atoms with Crippen LogP contribution in [0.4, 0.5) is 0 Å². The van der Waals surface area contributed by atoms with Crippen LogP contribution in [0.5, 0.6) is 0 Å². The minimum Gasteiger partial charge on any atom is -0.329 e. The monoisotopic (exact) mass is 279 g/mol. The molecule has 116 valence electrons. The smallest absolute Gasteiger partial charge is 0.0360 e. The fourth-order valence-electron chi connectivity index (χ4n) is 5.15. The Kier molecular flexibility index (Phi) is 4.40. The highest BCUT2D eigenvalue weighted by molar-refractivity contribution is 5.03. The summed E-state index contributed by atoms with van der Waals surface area (Å²) in [6, 6.07) is 0.811. The third-order valence-corrected chi connectivity index (χ3v) is 6.77. The molecule has 2 aliphatic heterocycles. The van der Waals surface area contributed by atoms with Gasteiger partial charge in [-0.25, -0.2) is 0 Å². The van der Waals surface area contributed by atoms with Crippen molar-refractivity contribution in [1.29, 1.82) is 0 Å². The second-order valence-electron chi connectivity index (χ2n) is 7.60. The molecule has 20 heavy (non-hydrogen) atoms. The SMILES string of the molecule is CC1CCCC(CN)(N2CCC(N3CCCC3)C2)C1C. The summed E-state index contributed by atoms with van der Waals surface area (Å²) in [5, 5.41) is 0. The van der Waals surface area contributed by atoms with Crippen molar-refractivity contribution in [3.63, 3.8) is 0 Å². The van der Waals surface area contributed by atoms with Gasteiger partial charge in [-0.05, 0) is 50.6 Å². The topological polar surface area (TPSA) is 32.5 Å². The Morgan fingerprint density at radius 3 is 2.50 bits per heavy atom. The minimum atomic E-state index is 0.298. The predicted molar refractivity (Wildman–Crippen MR) is 84.7 cm³/mol. The first-order valence-electron chi connectivity index (χ1n) is 8.86. The molecular formula is C17H33N3. The van der Waals surface area contributed by atoms with E-state index < -0.39 is 0 Å². The van der Waals surface area contributed by atoms with E-state index in [1.807, 2.05) is 0 Å². The molecule has 0 aromatic carbocycles. The Labute approximate surface area is 124 Å². The average molecular weight is 279 g/mol. The van der Waals surface area contributed by atoms with Crippen molar-refractivity contribution in [3.8, 4) is 0 Å². The number of hydrogen-bond donors (Lipinski definition) is 1. The van der Waals surface area contributed by atoms with Crippen LogP contribution in [0.25, 0.3) is 0 Å². The van der Waals surface area contributed by atoms with Gasteiger partial charge in [0.2, 0.25) is 0 Å². The van der Waals surface area contributed by atoms with Crippen LogP contribution in [0.2, 0.25) is 0 Å². The number of nitrogens with zero attached hydrogens (tertiary/aromatic N) is 2. The maximum atomic E-state index is 6.31. The van der Waals surface area contributed by atoms with Crippen LogP contribution in [-0.4, -0.2) is 54.1 Å². The zero-order valence-corrected chi connectivity index (χ0v) is 13.5. The van der Waals surface area contributed by atoms with Gasteiger partial charge in [-0.15, -0.1) is 0 Å². The third-order valence-electron chi connectivity index (χ3n) is 6.77. The van der Waals surface area contributed by atoms with Gasteiger partial charge in [-0.2, -0.15) is 0 Å². The lowest BCUT2D eigenvalue weighted by Gasteiger charge is -2.51. The van der Waals surface area contributed by atoms with Crippen molar-refractivity contribution in [1.82, 2.24) is 9.80 Å². The first-order valence-corrected chi connectivity index (χ1v) is 8.86. The average Bonchev–Trinajstić information content (AvgIpc) is 3.12. The molecule has 0 bridgehead atoms. The summed E-state index contributed by atoms with van der Waals surface area (Å²) >= 11 is 0. The lowest BCUT2D eigenvalue weighted by Crippen LogP contribution is -2.60. The number of hydrogen-bond acceptors (Lipinski definition) is 3. The van der Waals surface area contributed by atoms with Crippen LogP contribution in [0, 0.1) is 11.8 Å². The Morgan fingerprint density at radius 2 is 1.80 bits per heavy atom. The highest BCUT2D eigenvalue weighted by atomic mass is 15.3. The number of nitrogens with two attached hydrogens (primary N) is 1. The van der Waals surface area contributed by atoms with E-state index in [0.29, 0.717) is 5.54 Å². The van der Waals surface area contributed by atoms with Gasteiger partial charge in [0.15, 0.2) is 0 Å². The van der Waals surface area contributed by atoms with Crippen molar-refractivity contribution in [2.75, 3.05) is 32.7 Å². The molecule has 1 aliphatic carbocycles. The molecule has 0 amide bonds. The van der Waals surface area contributed by atoms with Crippen LogP contribution < -0.4 is 5.73 Å². The lowest BCUT2D eigenvalue weighted by atomic mass is 9.67. The second-order valence-corrected chi connectivity index (χ2v) is 7.60. The summed E-state index contributed by atoms with van der Waals surface area (Å²) < 4.78 is 0. The van der Waals surface area contributed by atoms with E-state index in [4.69, 9.17) is 5.73 Å². The molecule has 4 unspecified atom stereocenters. The van der Waals surface area contributed by atoms with E-state index in [2.05, 4.69) is 23.6 Å². The quantitative estimate of drug-likeness (QED) is 0.860. The first-order chi connectivity index (χ1) is 9.67. The molecule has 2 saturated heterocycles. The summed E-state index contributed by atoms with van der Waals surface area (Å²) in [6.07, 6.45) is 8.27. The molecule has 0 aromatic rings. The fourth-order valence-corrected chi connectivity index (χ4v) is 5.15. The zero-order chi connectivity index (χ0) is 14.2. The summed E-state index contributed by atoms with van der Waals surface area (Å²) in [4.78, 5) is 5.53. The molecule has 3 nitrogen and oxygen atoms in total. The minimum absolute atomic E-state index is 0.298. The lowest BCUT2D eigenvalue weighted by molar-refractivity contribution is 0.000689. The van der Waals surface area contributed by atoms with Gasteiger partial charge < -0.3 is 5.73 Å². The van der Waals surface area contributed by atoms with Gasteiger partial charge in [-0.3, -0.25) is 9.80 Å². The summed E-state index contributed by atoms with van der Waals surface area (Å²) in [5.41, 5.74) is 6.61. The number of rotatable bonds is 3. The van der Waals surface area contributed by atoms with Crippen LogP contribution in [0.3, 0.4) is 0 Å². The Bertz CT molecular complexity index is 326. The van der Waals surface area contributed by atoms with Crippen molar-refractivity contribution >= 4 is 0 Å². The highest BCUT2D eigenvalue weighted by Gasteiger charge is 2.47. The molecular weight excluding hydrogens is 246 g/mol. The maximum Gasteiger partial charge on any atom is 0.0360 e. The van der Waals surface area contributed by atoms with Gasteiger partial charge in [0.05, 0.1) is 0 Å². The van der Waals surface area contributed by atoms with Crippen molar-refractivity contribution < 1.29 is 0 Å². The van der Waals surface area contributed by atoms with Crippen molar-refractivity contribution in [3.05, 3.63) is 0 Å². The molecule has 4 atom stereocenters. The van der Waals surface area contributed by atoms with E-state index in [0.717, 1.165) is 24.4 Å². The number of likely N-dealkylation sites (tertiary alicyclic amines) is 2. The molecule has 0 aromatic heterocycles. The van der Waals surface area contributed by atoms with Gasteiger partial charge in [0.1, 0.15) is 0 Å². The van der Waals surface area contributed by atoms with E-state index >= 15 is 0 Å². The highest BCUT2D eigenvalue weighted by Crippen LogP contribution is 2.43. The molecule has 1 saturated carbocycles. The first kappa shape index (κ1) is 14.8. The molecule has 3 fully saturated rings. The largest absolute Gasteiger partial charge is 0.329 e. The van der Waals surface area contributed by atoms with Crippen LogP contribution in [-0.2, 0) is 0 Å². The molecule has 3 heteroatoms. The molecule has 3 aliphatic rings. The standard InChI is InChI=1S/C17H33N3/c1-14-6-5-8-17(13-18,15(14)2)20-11-7-16(12-20)19-9-3-4-10-19/h14-16H,3-13,18H2,1-2H3. The van der Waals surface area contributed by atoms with E-state index in [9.17, 15) is 0 Å². The Hall–Kier alpha value is -0.120. The van der Waals surface area contributed by atoms with Crippen LogP contribution in [0.15, 0.2) is 0 Å². The fraction of sp³-hybridized carbons (Fsp3) is 1.00. The maximum absolute atomic E-state index is 6.31. The van der Waals surface area contributed by atoms with Crippen molar-refractivity contribution in [2.45, 2.75) is 64.0 Å². The normalized spacial score (nSPS) is 44.2. The molecule has 2 N–H and O–H groups in total. The van der Waals surface area contributed by atoms with Gasteiger partial charge in [0, 0.05) is 31.2 Å². The summed E-state index contributed by atoms with van der Waals surface area (Å²) in [5.74, 6) is 1.58.